The first-order valence-corrected chi connectivity index (χ1v) is 6.36. The van der Waals surface area contributed by atoms with E-state index in [2.05, 4.69) is 9.72 Å². The minimum Gasteiger partial charge on any atom is -0.397 e. The summed E-state index contributed by atoms with van der Waals surface area (Å²) < 4.78 is 60.9. The van der Waals surface area contributed by atoms with E-state index in [1.54, 1.807) is 0 Å². The number of ether oxygens (including phenoxy) is 1. The van der Waals surface area contributed by atoms with Crippen LogP contribution in [0.4, 0.5) is 18.9 Å². The summed E-state index contributed by atoms with van der Waals surface area (Å²) in [4.78, 5) is 2.30. The van der Waals surface area contributed by atoms with Crippen LogP contribution in [0.15, 0.2) is 11.0 Å². The van der Waals surface area contributed by atoms with E-state index in [4.69, 9.17) is 28.0 Å². The molecule has 5 nitrogen and oxygen atoms in total. The number of hydrogen-bond donors (Lipinski definition) is 1. The van der Waals surface area contributed by atoms with Gasteiger partial charge in [-0.3, -0.25) is 0 Å². The van der Waals surface area contributed by atoms with Gasteiger partial charge in [0.25, 0.3) is 9.05 Å². The molecule has 0 aliphatic heterocycles. The Bertz CT molecular complexity index is 523. The van der Waals surface area contributed by atoms with E-state index in [0.717, 1.165) is 0 Å². The van der Waals surface area contributed by atoms with E-state index < -0.39 is 37.0 Å². The van der Waals surface area contributed by atoms with E-state index in [9.17, 15) is 21.6 Å². The van der Waals surface area contributed by atoms with E-state index in [0.29, 0.717) is 6.07 Å². The topological polar surface area (TPSA) is 82.3 Å². The second-order valence-electron chi connectivity index (χ2n) is 2.66. The van der Waals surface area contributed by atoms with Crippen molar-refractivity contribution in [3.05, 3.63) is 11.2 Å². The highest BCUT2D eigenvalue weighted by molar-refractivity contribution is 8.14. The molecule has 2 N–H and O–H groups in total. The molecule has 96 valence electrons. The van der Waals surface area contributed by atoms with Crippen molar-refractivity contribution >= 4 is 37.0 Å². The molecule has 0 radical (unpaired) electrons. The Morgan fingerprint density at radius 1 is 1.41 bits per heavy atom. The minimum absolute atomic E-state index is 0.550. The Balaban J connectivity index is 3.29. The number of rotatable bonds is 2. The fourth-order valence-corrected chi connectivity index (χ4v) is 2.60. The number of aromatic nitrogens is 1. The van der Waals surface area contributed by atoms with Gasteiger partial charge in [0.15, 0.2) is 5.15 Å². The van der Waals surface area contributed by atoms with Crippen LogP contribution in [0.2, 0.25) is 5.15 Å². The Morgan fingerprint density at radius 2 is 1.94 bits per heavy atom. The average molecular weight is 311 g/mol. The lowest BCUT2D eigenvalue weighted by atomic mass is 10.4. The summed E-state index contributed by atoms with van der Waals surface area (Å²) in [5.74, 6) is -0.982. The maximum absolute atomic E-state index is 11.8. The van der Waals surface area contributed by atoms with Crippen LogP contribution in [0, 0.1) is 0 Å². The maximum atomic E-state index is 11.8. The summed E-state index contributed by atoms with van der Waals surface area (Å²) in [6, 6.07) is 0.550. The molecular weight excluding hydrogens is 308 g/mol. The van der Waals surface area contributed by atoms with Gasteiger partial charge in [-0.1, -0.05) is 11.6 Å². The van der Waals surface area contributed by atoms with Gasteiger partial charge in [-0.2, -0.15) is 4.98 Å². The third-order valence-electron chi connectivity index (χ3n) is 1.40. The van der Waals surface area contributed by atoms with Gasteiger partial charge in [0.05, 0.1) is 5.69 Å². The quantitative estimate of drug-likeness (QED) is 0.668. The van der Waals surface area contributed by atoms with E-state index in [-0.39, 0.29) is 0 Å². The van der Waals surface area contributed by atoms with Crippen LogP contribution in [-0.4, -0.2) is 19.8 Å². The lowest BCUT2D eigenvalue weighted by Gasteiger charge is -2.10. The Labute approximate surface area is 103 Å². The van der Waals surface area contributed by atoms with Crippen molar-refractivity contribution < 1.29 is 26.3 Å². The first kappa shape index (κ1) is 14.1. The Morgan fingerprint density at radius 3 is 2.29 bits per heavy atom. The Hall–Kier alpha value is -0.930. The van der Waals surface area contributed by atoms with Gasteiger partial charge in [0, 0.05) is 16.7 Å². The molecule has 0 atom stereocenters. The van der Waals surface area contributed by atoms with Gasteiger partial charge in [0.2, 0.25) is 5.88 Å². The van der Waals surface area contributed by atoms with Crippen molar-refractivity contribution in [2.75, 3.05) is 5.73 Å². The third kappa shape index (κ3) is 3.79. The van der Waals surface area contributed by atoms with Crippen molar-refractivity contribution in [3.63, 3.8) is 0 Å². The zero-order chi connectivity index (χ0) is 13.4. The molecule has 0 aliphatic rings. The number of pyridine rings is 1. The molecule has 0 saturated heterocycles. The molecular formula is C6H3Cl2F3N2O3S. The van der Waals surface area contributed by atoms with Crippen LogP contribution >= 0.6 is 22.3 Å². The zero-order valence-electron chi connectivity index (χ0n) is 7.62. The van der Waals surface area contributed by atoms with Gasteiger partial charge >= 0.3 is 6.36 Å². The molecule has 1 rings (SSSR count). The fraction of sp³-hybridized carbons (Fsp3) is 0.167. The van der Waals surface area contributed by atoms with Gasteiger partial charge in [-0.15, -0.1) is 13.2 Å². The monoisotopic (exact) mass is 310 g/mol. The summed E-state index contributed by atoms with van der Waals surface area (Å²) >= 11 is 5.35. The molecule has 17 heavy (non-hydrogen) atoms. The summed E-state index contributed by atoms with van der Waals surface area (Å²) in [6.45, 7) is 0. The normalized spacial score (nSPS) is 12.5. The molecule has 0 fully saturated rings. The number of halogens is 5. The van der Waals surface area contributed by atoms with Crippen LogP contribution in [0.5, 0.6) is 5.88 Å². The number of alkyl halides is 3. The first-order chi connectivity index (χ1) is 7.50. The highest BCUT2D eigenvalue weighted by Gasteiger charge is 2.33. The van der Waals surface area contributed by atoms with Crippen LogP contribution in [0.1, 0.15) is 0 Å². The number of nitrogens with zero attached hydrogens (tertiary/aromatic N) is 1. The van der Waals surface area contributed by atoms with Crippen LogP contribution in [0.25, 0.3) is 0 Å². The van der Waals surface area contributed by atoms with Crippen LogP contribution in [0.3, 0.4) is 0 Å². The minimum atomic E-state index is -5.00. The molecule has 0 bridgehead atoms. The zero-order valence-corrected chi connectivity index (χ0v) is 9.95. The number of nitrogens with two attached hydrogens (primary N) is 1. The molecule has 11 heteroatoms. The van der Waals surface area contributed by atoms with Gasteiger partial charge in [-0.05, 0) is 0 Å². The lowest BCUT2D eigenvalue weighted by Crippen LogP contribution is -2.18. The lowest BCUT2D eigenvalue weighted by molar-refractivity contribution is -0.276. The van der Waals surface area contributed by atoms with Crippen molar-refractivity contribution in [1.82, 2.24) is 4.98 Å². The summed E-state index contributed by atoms with van der Waals surface area (Å²) in [5.41, 5.74) is 4.59. The predicted molar refractivity (Wildman–Crippen MR) is 53.4 cm³/mol. The highest BCUT2D eigenvalue weighted by Crippen LogP contribution is 2.33. The predicted octanol–water partition coefficient (Wildman–Crippen LogP) is 2.14. The van der Waals surface area contributed by atoms with E-state index >= 15 is 0 Å². The average Bonchev–Trinajstić information content (AvgIpc) is 1.94. The van der Waals surface area contributed by atoms with Crippen molar-refractivity contribution in [1.29, 1.82) is 0 Å². The maximum Gasteiger partial charge on any atom is 0.574 e. The summed E-state index contributed by atoms with van der Waals surface area (Å²) in [5, 5.41) is -0.806. The second kappa shape index (κ2) is 4.39. The summed E-state index contributed by atoms with van der Waals surface area (Å²) in [6.07, 6.45) is -5.00. The van der Waals surface area contributed by atoms with Crippen molar-refractivity contribution in [2.24, 2.45) is 0 Å². The number of nitrogen functional groups attached to an aromatic ring is 1. The summed E-state index contributed by atoms with van der Waals surface area (Å²) in [7, 11) is 0.651. The standard InChI is InChI=1S/C6H3Cl2F3N2O3S/c7-5-4(17(8,14)15)2(12)1-3(13-5)16-6(9,10)11/h1H,(H2,12,13). The molecule has 1 aromatic rings. The molecule has 1 heterocycles. The number of anilines is 1. The van der Waals surface area contributed by atoms with Gasteiger partial charge < -0.3 is 10.5 Å². The van der Waals surface area contributed by atoms with Crippen molar-refractivity contribution in [3.8, 4) is 5.88 Å². The van der Waals surface area contributed by atoms with E-state index in [1.165, 1.54) is 0 Å². The van der Waals surface area contributed by atoms with Crippen LogP contribution in [-0.2, 0) is 9.05 Å². The molecule has 0 spiro atoms. The largest absolute Gasteiger partial charge is 0.574 e. The molecule has 0 amide bonds. The first-order valence-electron chi connectivity index (χ1n) is 3.67. The molecule has 1 aromatic heterocycles. The molecule has 0 saturated carbocycles. The number of hydrogen-bond acceptors (Lipinski definition) is 5. The third-order valence-corrected chi connectivity index (χ3v) is 3.17. The van der Waals surface area contributed by atoms with Gasteiger partial charge in [0.1, 0.15) is 4.90 Å². The second-order valence-corrected chi connectivity index (χ2v) is 5.52. The Kier molecular flexibility index (Phi) is 3.65. The SMILES string of the molecule is Nc1cc(OC(F)(F)F)nc(Cl)c1S(=O)(=O)Cl. The highest BCUT2D eigenvalue weighted by atomic mass is 35.7. The smallest absolute Gasteiger partial charge is 0.397 e. The van der Waals surface area contributed by atoms with Crippen molar-refractivity contribution in [2.45, 2.75) is 11.3 Å². The fourth-order valence-electron chi connectivity index (χ4n) is 0.910. The van der Waals surface area contributed by atoms with E-state index in [1.807, 2.05) is 0 Å². The molecule has 0 unspecified atom stereocenters. The van der Waals surface area contributed by atoms with Gasteiger partial charge in [-0.25, -0.2) is 8.42 Å². The molecule has 0 aromatic carbocycles. The molecule has 0 aliphatic carbocycles. The van der Waals surface area contributed by atoms with Crippen LogP contribution < -0.4 is 10.5 Å².